The maximum Gasteiger partial charge on any atom is 0.110 e. The van der Waals surface area contributed by atoms with Crippen LogP contribution in [0.4, 0.5) is 0 Å². The quantitative estimate of drug-likeness (QED) is 0.803. The van der Waals surface area contributed by atoms with Crippen molar-refractivity contribution in [3.8, 4) is 0 Å². The largest absolute Gasteiger partial charge is 0.335 e. The third kappa shape index (κ3) is 3.33. The highest BCUT2D eigenvalue weighted by molar-refractivity contribution is 5.01. The number of likely N-dealkylation sites (N-methyl/N-ethyl adjacent to an activating group) is 2. The van der Waals surface area contributed by atoms with Crippen LogP contribution in [0.5, 0.6) is 0 Å². The molecule has 0 bridgehead atoms. The van der Waals surface area contributed by atoms with Crippen molar-refractivity contribution in [3.05, 3.63) is 18.2 Å². The van der Waals surface area contributed by atoms with E-state index in [9.17, 15) is 0 Å². The van der Waals surface area contributed by atoms with Crippen LogP contribution in [0.25, 0.3) is 0 Å². The Bertz CT molecular complexity index is 354. The Balaban J connectivity index is 2.83. The summed E-state index contributed by atoms with van der Waals surface area (Å²) < 4.78 is 2.26. The fourth-order valence-corrected chi connectivity index (χ4v) is 2.17. The molecule has 0 aliphatic heterocycles. The second kappa shape index (κ2) is 6.34. The van der Waals surface area contributed by atoms with Gasteiger partial charge in [0.1, 0.15) is 5.82 Å². The lowest BCUT2D eigenvalue weighted by atomic mass is 9.90. The van der Waals surface area contributed by atoms with Gasteiger partial charge in [0.05, 0.1) is 0 Å². The SMILES string of the molecule is CCCn1ccnc1CC(NC)C(C)(C)N(C)C. The molecule has 0 radical (unpaired) electrons. The van der Waals surface area contributed by atoms with Gasteiger partial charge >= 0.3 is 0 Å². The number of nitrogens with one attached hydrogen (secondary N) is 1. The Kier molecular flexibility index (Phi) is 5.35. The van der Waals surface area contributed by atoms with Crippen molar-refractivity contribution < 1.29 is 0 Å². The maximum absolute atomic E-state index is 4.50. The third-order valence-corrected chi connectivity index (χ3v) is 4.01. The highest BCUT2D eigenvalue weighted by Gasteiger charge is 2.31. The summed E-state index contributed by atoms with van der Waals surface area (Å²) in [5, 5.41) is 3.44. The van der Waals surface area contributed by atoms with Crippen LogP contribution in [0, 0.1) is 0 Å². The summed E-state index contributed by atoms with van der Waals surface area (Å²) in [7, 11) is 6.29. The van der Waals surface area contributed by atoms with E-state index in [4.69, 9.17) is 0 Å². The average Bonchev–Trinajstić information content (AvgIpc) is 2.73. The molecule has 0 saturated carbocycles. The summed E-state index contributed by atoms with van der Waals surface area (Å²) in [6.07, 6.45) is 6.08. The lowest BCUT2D eigenvalue weighted by Gasteiger charge is -2.40. The van der Waals surface area contributed by atoms with E-state index in [1.165, 1.54) is 5.82 Å². The van der Waals surface area contributed by atoms with E-state index >= 15 is 0 Å². The molecule has 1 atom stereocenters. The van der Waals surface area contributed by atoms with Crippen molar-refractivity contribution in [2.45, 2.75) is 51.7 Å². The van der Waals surface area contributed by atoms with Crippen LogP contribution in [-0.2, 0) is 13.0 Å². The minimum absolute atomic E-state index is 0.0950. The van der Waals surface area contributed by atoms with Crippen LogP contribution >= 0.6 is 0 Å². The Hall–Kier alpha value is -0.870. The zero-order valence-electron chi connectivity index (χ0n) is 12.7. The first kappa shape index (κ1) is 15.2. The second-order valence-corrected chi connectivity index (χ2v) is 5.63. The molecule has 4 nitrogen and oxygen atoms in total. The van der Waals surface area contributed by atoms with E-state index < -0.39 is 0 Å². The molecule has 1 aromatic rings. The highest BCUT2D eigenvalue weighted by Crippen LogP contribution is 2.19. The van der Waals surface area contributed by atoms with Crippen LogP contribution in [0.3, 0.4) is 0 Å². The fourth-order valence-electron chi connectivity index (χ4n) is 2.17. The lowest BCUT2D eigenvalue weighted by molar-refractivity contribution is 0.140. The van der Waals surface area contributed by atoms with Crippen LogP contribution < -0.4 is 5.32 Å². The van der Waals surface area contributed by atoms with Gasteiger partial charge in [0.25, 0.3) is 0 Å². The molecular formula is C14H28N4. The molecule has 1 aromatic heterocycles. The van der Waals surface area contributed by atoms with Gasteiger partial charge in [0.15, 0.2) is 0 Å². The topological polar surface area (TPSA) is 33.1 Å². The minimum Gasteiger partial charge on any atom is -0.335 e. The summed E-state index contributed by atoms with van der Waals surface area (Å²) in [5.74, 6) is 1.17. The predicted molar refractivity (Wildman–Crippen MR) is 76.8 cm³/mol. The molecule has 1 heterocycles. The van der Waals surface area contributed by atoms with Gasteiger partial charge in [-0.2, -0.15) is 0 Å². The molecule has 18 heavy (non-hydrogen) atoms. The molecule has 0 aromatic carbocycles. The molecule has 0 aliphatic rings. The standard InChI is InChI=1S/C14H28N4/c1-7-9-18-10-8-16-13(18)11-12(15-4)14(2,3)17(5)6/h8,10,12,15H,7,9,11H2,1-6H3. The van der Waals surface area contributed by atoms with E-state index in [1.54, 1.807) is 0 Å². The fraction of sp³-hybridized carbons (Fsp3) is 0.786. The molecule has 4 heteroatoms. The highest BCUT2D eigenvalue weighted by atomic mass is 15.2. The van der Waals surface area contributed by atoms with E-state index in [-0.39, 0.29) is 5.54 Å². The number of hydrogen-bond acceptors (Lipinski definition) is 3. The summed E-state index contributed by atoms with van der Waals surface area (Å²) in [5.41, 5.74) is 0.0950. The van der Waals surface area contributed by atoms with Crippen molar-refractivity contribution >= 4 is 0 Å². The smallest absolute Gasteiger partial charge is 0.110 e. The first-order valence-corrected chi connectivity index (χ1v) is 6.78. The van der Waals surface area contributed by atoms with Gasteiger partial charge in [-0.1, -0.05) is 6.92 Å². The maximum atomic E-state index is 4.50. The molecular weight excluding hydrogens is 224 g/mol. The van der Waals surface area contributed by atoms with Crippen molar-refractivity contribution in [1.29, 1.82) is 0 Å². The van der Waals surface area contributed by atoms with E-state index in [1.807, 2.05) is 13.2 Å². The Morgan fingerprint density at radius 2 is 2.11 bits per heavy atom. The Morgan fingerprint density at radius 3 is 2.61 bits per heavy atom. The number of hydrogen-bond donors (Lipinski definition) is 1. The first-order chi connectivity index (χ1) is 8.43. The molecule has 0 aliphatic carbocycles. The monoisotopic (exact) mass is 252 g/mol. The van der Waals surface area contributed by atoms with Crippen molar-refractivity contribution in [1.82, 2.24) is 19.8 Å². The van der Waals surface area contributed by atoms with Crippen LogP contribution in [0.1, 0.15) is 33.0 Å². The normalized spacial score (nSPS) is 14.2. The van der Waals surface area contributed by atoms with Gasteiger partial charge in [-0.05, 0) is 41.4 Å². The van der Waals surface area contributed by atoms with Gasteiger partial charge in [-0.25, -0.2) is 4.98 Å². The van der Waals surface area contributed by atoms with Crippen molar-refractivity contribution in [3.63, 3.8) is 0 Å². The summed E-state index contributed by atoms with van der Waals surface area (Å²) in [6.45, 7) is 7.78. The van der Waals surface area contributed by atoms with Gasteiger partial charge in [0.2, 0.25) is 0 Å². The van der Waals surface area contributed by atoms with Gasteiger partial charge in [-0.3, -0.25) is 0 Å². The second-order valence-electron chi connectivity index (χ2n) is 5.63. The first-order valence-electron chi connectivity index (χ1n) is 6.78. The van der Waals surface area contributed by atoms with Crippen LogP contribution in [0.15, 0.2) is 12.4 Å². The van der Waals surface area contributed by atoms with Crippen molar-refractivity contribution in [2.75, 3.05) is 21.1 Å². The zero-order chi connectivity index (χ0) is 13.8. The third-order valence-electron chi connectivity index (χ3n) is 4.01. The molecule has 104 valence electrons. The molecule has 0 amide bonds. The van der Waals surface area contributed by atoms with Gasteiger partial charge in [0, 0.05) is 36.9 Å². The number of nitrogens with zero attached hydrogens (tertiary/aromatic N) is 3. The predicted octanol–water partition coefficient (Wildman–Crippen LogP) is 1.76. The van der Waals surface area contributed by atoms with E-state index in [2.05, 4.69) is 60.8 Å². The number of imidazole rings is 1. The van der Waals surface area contributed by atoms with Gasteiger partial charge < -0.3 is 14.8 Å². The summed E-state index contributed by atoms with van der Waals surface area (Å²) in [4.78, 5) is 6.76. The zero-order valence-corrected chi connectivity index (χ0v) is 12.7. The molecule has 0 fully saturated rings. The van der Waals surface area contributed by atoms with E-state index in [0.29, 0.717) is 6.04 Å². The Morgan fingerprint density at radius 1 is 1.44 bits per heavy atom. The molecule has 0 spiro atoms. The number of aromatic nitrogens is 2. The lowest BCUT2D eigenvalue weighted by Crippen LogP contribution is -2.55. The van der Waals surface area contributed by atoms with Gasteiger partial charge in [-0.15, -0.1) is 0 Å². The minimum atomic E-state index is 0.0950. The number of aryl methyl sites for hydroxylation is 1. The average molecular weight is 252 g/mol. The number of rotatable bonds is 7. The molecule has 1 N–H and O–H groups in total. The summed E-state index contributed by atoms with van der Waals surface area (Å²) in [6, 6.07) is 0.380. The van der Waals surface area contributed by atoms with Crippen LogP contribution in [-0.4, -0.2) is 47.2 Å². The Labute approximate surface area is 111 Å². The molecule has 0 saturated heterocycles. The van der Waals surface area contributed by atoms with E-state index in [0.717, 1.165) is 19.4 Å². The van der Waals surface area contributed by atoms with Crippen LogP contribution in [0.2, 0.25) is 0 Å². The molecule has 1 rings (SSSR count). The van der Waals surface area contributed by atoms with Crippen molar-refractivity contribution in [2.24, 2.45) is 0 Å². The molecule has 1 unspecified atom stereocenters. The summed E-state index contributed by atoms with van der Waals surface area (Å²) >= 11 is 0.